The average Bonchev–Trinajstić information content (AvgIpc) is 2.63. The van der Waals surface area contributed by atoms with Crippen LogP contribution in [0.5, 0.6) is 0 Å². The summed E-state index contributed by atoms with van der Waals surface area (Å²) in [6, 6.07) is 11.0. The molecule has 1 saturated heterocycles. The van der Waals surface area contributed by atoms with Gasteiger partial charge in [0.2, 0.25) is 5.91 Å². The third-order valence-electron chi connectivity index (χ3n) is 4.67. The predicted octanol–water partition coefficient (Wildman–Crippen LogP) is 4.28. The maximum Gasteiger partial charge on any atom is 0.253 e. The number of anilines is 1. The highest BCUT2D eigenvalue weighted by Gasteiger charge is 2.28. The predicted molar refractivity (Wildman–Crippen MR) is 99.8 cm³/mol. The lowest BCUT2D eigenvalue weighted by molar-refractivity contribution is -0.121. The Morgan fingerprint density at radius 1 is 1.15 bits per heavy atom. The Morgan fingerprint density at radius 3 is 2.54 bits per heavy atom. The second-order valence-electron chi connectivity index (χ2n) is 6.53. The third kappa shape index (κ3) is 4.22. The standard InChI is InChI=1S/C20H20ClFN2O2/c1-13-11-16(21)5-6-18(13)23-19(25)14-7-9-24(10-8-14)20(26)15-3-2-4-17(22)12-15/h2-6,11-12,14H,7-10H2,1H3,(H,23,25). The molecule has 136 valence electrons. The fourth-order valence-corrected chi connectivity index (χ4v) is 3.38. The number of aryl methyl sites for hydroxylation is 1. The van der Waals surface area contributed by atoms with Crippen LogP contribution in [0.1, 0.15) is 28.8 Å². The number of halogens is 2. The van der Waals surface area contributed by atoms with Crippen LogP contribution in [0.3, 0.4) is 0 Å². The number of rotatable bonds is 3. The van der Waals surface area contributed by atoms with Gasteiger partial charge >= 0.3 is 0 Å². The molecule has 0 radical (unpaired) electrons. The van der Waals surface area contributed by atoms with Crippen LogP contribution in [0, 0.1) is 18.7 Å². The maximum absolute atomic E-state index is 13.3. The van der Waals surface area contributed by atoms with Crippen molar-refractivity contribution < 1.29 is 14.0 Å². The van der Waals surface area contributed by atoms with Gasteiger partial charge in [0, 0.05) is 35.3 Å². The lowest BCUT2D eigenvalue weighted by atomic mass is 9.95. The lowest BCUT2D eigenvalue weighted by Crippen LogP contribution is -2.41. The zero-order chi connectivity index (χ0) is 18.7. The number of carbonyl (C=O) groups excluding carboxylic acids is 2. The van der Waals surface area contributed by atoms with Crippen molar-refractivity contribution in [3.05, 3.63) is 64.4 Å². The Kier molecular flexibility index (Phi) is 5.57. The van der Waals surface area contributed by atoms with Crippen LogP contribution in [0.4, 0.5) is 10.1 Å². The van der Waals surface area contributed by atoms with Gasteiger partial charge in [0.1, 0.15) is 5.82 Å². The van der Waals surface area contributed by atoms with Crippen molar-refractivity contribution in [3.63, 3.8) is 0 Å². The van der Waals surface area contributed by atoms with Gasteiger partial charge in [-0.25, -0.2) is 4.39 Å². The first kappa shape index (κ1) is 18.4. The van der Waals surface area contributed by atoms with Gasteiger partial charge in [-0.05, 0) is 61.7 Å². The second-order valence-corrected chi connectivity index (χ2v) is 6.96. The van der Waals surface area contributed by atoms with E-state index in [1.54, 1.807) is 29.2 Å². The summed E-state index contributed by atoms with van der Waals surface area (Å²) in [6.45, 7) is 2.85. The molecule has 0 unspecified atom stereocenters. The van der Waals surface area contributed by atoms with Gasteiger partial charge < -0.3 is 10.2 Å². The maximum atomic E-state index is 13.3. The second kappa shape index (κ2) is 7.87. The summed E-state index contributed by atoms with van der Waals surface area (Å²) in [4.78, 5) is 26.6. The first-order chi connectivity index (χ1) is 12.4. The van der Waals surface area contributed by atoms with Crippen LogP contribution in [-0.4, -0.2) is 29.8 Å². The third-order valence-corrected chi connectivity index (χ3v) is 4.91. The lowest BCUT2D eigenvalue weighted by Gasteiger charge is -2.31. The van der Waals surface area contributed by atoms with Gasteiger partial charge in [0.15, 0.2) is 0 Å². The van der Waals surface area contributed by atoms with Gasteiger partial charge in [-0.3, -0.25) is 9.59 Å². The van der Waals surface area contributed by atoms with Crippen molar-refractivity contribution in [2.24, 2.45) is 5.92 Å². The molecule has 0 saturated carbocycles. The molecular formula is C20H20ClFN2O2. The fraction of sp³-hybridized carbons (Fsp3) is 0.300. The summed E-state index contributed by atoms with van der Waals surface area (Å²) < 4.78 is 13.3. The smallest absolute Gasteiger partial charge is 0.253 e. The molecule has 1 aliphatic rings. The van der Waals surface area contributed by atoms with Crippen molar-refractivity contribution in [1.29, 1.82) is 0 Å². The first-order valence-corrected chi connectivity index (χ1v) is 8.93. The quantitative estimate of drug-likeness (QED) is 0.871. The highest BCUT2D eigenvalue weighted by Crippen LogP contribution is 2.24. The molecule has 0 aliphatic carbocycles. The normalized spacial score (nSPS) is 15.0. The van der Waals surface area contributed by atoms with E-state index >= 15 is 0 Å². The van der Waals surface area contributed by atoms with E-state index in [0.29, 0.717) is 36.5 Å². The summed E-state index contributed by atoms with van der Waals surface area (Å²) in [7, 11) is 0. The van der Waals surface area contributed by atoms with E-state index in [2.05, 4.69) is 5.32 Å². The largest absolute Gasteiger partial charge is 0.339 e. The Morgan fingerprint density at radius 2 is 1.88 bits per heavy atom. The fourth-order valence-electron chi connectivity index (χ4n) is 3.15. The zero-order valence-electron chi connectivity index (χ0n) is 14.5. The van der Waals surface area contributed by atoms with E-state index in [9.17, 15) is 14.0 Å². The number of nitrogens with one attached hydrogen (secondary N) is 1. The van der Waals surface area contributed by atoms with E-state index in [-0.39, 0.29) is 17.7 Å². The SMILES string of the molecule is Cc1cc(Cl)ccc1NC(=O)C1CCN(C(=O)c2cccc(F)c2)CC1. The first-order valence-electron chi connectivity index (χ1n) is 8.56. The number of amides is 2. The monoisotopic (exact) mass is 374 g/mol. The molecule has 4 nitrogen and oxygen atoms in total. The Balaban J connectivity index is 1.57. The molecule has 2 amide bonds. The van der Waals surface area contributed by atoms with E-state index in [0.717, 1.165) is 11.3 Å². The number of piperidine rings is 1. The number of likely N-dealkylation sites (tertiary alicyclic amines) is 1. The van der Waals surface area contributed by atoms with Crippen molar-refractivity contribution in [1.82, 2.24) is 4.90 Å². The summed E-state index contributed by atoms with van der Waals surface area (Å²) >= 11 is 5.93. The highest BCUT2D eigenvalue weighted by molar-refractivity contribution is 6.30. The number of hydrogen-bond acceptors (Lipinski definition) is 2. The van der Waals surface area contributed by atoms with E-state index in [1.807, 2.05) is 6.92 Å². The molecule has 0 bridgehead atoms. The minimum absolute atomic E-state index is 0.0479. The van der Waals surface area contributed by atoms with E-state index in [4.69, 9.17) is 11.6 Å². The Labute approximate surface area is 157 Å². The number of hydrogen-bond donors (Lipinski definition) is 1. The van der Waals surface area contributed by atoms with Crippen molar-refractivity contribution in [2.45, 2.75) is 19.8 Å². The van der Waals surface area contributed by atoms with Crippen LogP contribution < -0.4 is 5.32 Å². The molecule has 26 heavy (non-hydrogen) atoms. The van der Waals surface area contributed by atoms with Gasteiger partial charge in [-0.1, -0.05) is 17.7 Å². The molecule has 1 heterocycles. The van der Waals surface area contributed by atoms with Gasteiger partial charge in [0.25, 0.3) is 5.91 Å². The molecular weight excluding hydrogens is 355 g/mol. The average molecular weight is 375 g/mol. The van der Waals surface area contributed by atoms with E-state index < -0.39 is 5.82 Å². The molecule has 2 aromatic carbocycles. The van der Waals surface area contributed by atoms with Gasteiger partial charge in [0.05, 0.1) is 0 Å². The van der Waals surface area contributed by atoms with Gasteiger partial charge in [-0.2, -0.15) is 0 Å². The molecule has 1 N–H and O–H groups in total. The molecule has 1 aliphatic heterocycles. The van der Waals surface area contributed by atoms with Crippen molar-refractivity contribution in [3.8, 4) is 0 Å². The number of benzene rings is 2. The van der Waals surface area contributed by atoms with Crippen LogP contribution in [0.25, 0.3) is 0 Å². The number of nitrogens with zero attached hydrogens (tertiary/aromatic N) is 1. The Hall–Kier alpha value is -2.40. The summed E-state index contributed by atoms with van der Waals surface area (Å²) in [6.07, 6.45) is 1.17. The molecule has 0 aromatic heterocycles. The van der Waals surface area contributed by atoms with Crippen LogP contribution in [-0.2, 0) is 4.79 Å². The number of carbonyl (C=O) groups is 2. The van der Waals surface area contributed by atoms with Crippen molar-refractivity contribution in [2.75, 3.05) is 18.4 Å². The molecule has 6 heteroatoms. The van der Waals surface area contributed by atoms with E-state index in [1.165, 1.54) is 18.2 Å². The summed E-state index contributed by atoms with van der Waals surface area (Å²) in [5.41, 5.74) is 1.99. The molecule has 0 atom stereocenters. The summed E-state index contributed by atoms with van der Waals surface area (Å²) in [5, 5.41) is 3.57. The minimum atomic E-state index is -0.427. The highest BCUT2D eigenvalue weighted by atomic mass is 35.5. The Bertz CT molecular complexity index is 832. The van der Waals surface area contributed by atoms with Crippen LogP contribution in [0.15, 0.2) is 42.5 Å². The molecule has 3 rings (SSSR count). The van der Waals surface area contributed by atoms with Crippen LogP contribution in [0.2, 0.25) is 5.02 Å². The van der Waals surface area contributed by atoms with Crippen LogP contribution >= 0.6 is 11.6 Å². The zero-order valence-corrected chi connectivity index (χ0v) is 15.2. The summed E-state index contributed by atoms with van der Waals surface area (Å²) in [5.74, 6) is -0.824. The molecule has 2 aromatic rings. The van der Waals surface area contributed by atoms with Gasteiger partial charge in [-0.15, -0.1) is 0 Å². The molecule has 1 fully saturated rings. The molecule has 0 spiro atoms. The topological polar surface area (TPSA) is 49.4 Å². The minimum Gasteiger partial charge on any atom is -0.339 e. The van der Waals surface area contributed by atoms with Crippen molar-refractivity contribution >= 4 is 29.1 Å².